The molecule has 31 heavy (non-hydrogen) atoms. The van der Waals surface area contributed by atoms with Crippen molar-refractivity contribution >= 4 is 11.9 Å². The molecule has 0 aliphatic rings. The first kappa shape index (κ1) is 31.9. The van der Waals surface area contributed by atoms with Gasteiger partial charge in [0.15, 0.2) is 0 Å². The molecule has 0 amide bonds. The number of aromatic nitrogens is 8. The second-order valence-corrected chi connectivity index (χ2v) is 3.99. The maximum atomic E-state index is 10.0. The Hall–Kier alpha value is -3.76. The van der Waals surface area contributed by atoms with E-state index in [0.717, 1.165) is 0 Å². The maximum absolute atomic E-state index is 10.0. The van der Waals surface area contributed by atoms with E-state index in [2.05, 4.69) is 31.1 Å². The monoisotopic (exact) mass is 499 g/mol. The predicted octanol–water partition coefficient (Wildman–Crippen LogP) is -8.04. The fourth-order valence-corrected chi connectivity index (χ4v) is 0.830. The molecule has 2 aromatic rings. The molecule has 2 rings (SSSR count). The smallest absolute Gasteiger partial charge is 0.541 e. The molecule has 0 aliphatic heterocycles. The van der Waals surface area contributed by atoms with Crippen LogP contribution in [0.25, 0.3) is 0 Å². The summed E-state index contributed by atoms with van der Waals surface area (Å²) in [5.74, 6) is -5.47. The summed E-state index contributed by atoms with van der Waals surface area (Å²) in [6.45, 7) is 2.39. The summed E-state index contributed by atoms with van der Waals surface area (Å²) in [6.07, 6.45) is 0. The third kappa shape index (κ3) is 13.2. The van der Waals surface area contributed by atoms with E-state index in [-0.39, 0.29) is 26.7 Å². The number of tetrazole rings is 2. The Morgan fingerprint density at radius 2 is 1.00 bits per heavy atom. The molecule has 8 N–H and O–H groups in total. The van der Waals surface area contributed by atoms with Crippen LogP contribution in [0.15, 0.2) is 0 Å². The minimum absolute atomic E-state index is 0. The van der Waals surface area contributed by atoms with Crippen molar-refractivity contribution in [3.05, 3.63) is 31.9 Å². The van der Waals surface area contributed by atoms with Crippen LogP contribution in [0.3, 0.4) is 0 Å². The van der Waals surface area contributed by atoms with Gasteiger partial charge in [0.05, 0.1) is 19.6 Å². The summed E-state index contributed by atoms with van der Waals surface area (Å²) in [7, 11) is 0. The molecule has 0 fully saturated rings. The van der Waals surface area contributed by atoms with Gasteiger partial charge in [-0.05, 0) is 0 Å². The fraction of sp³-hybridized carbons (Fsp3) is 0.500. The third-order valence-corrected chi connectivity index (χ3v) is 1.92. The van der Waals surface area contributed by atoms with Crippen molar-refractivity contribution in [3.8, 4) is 0 Å². The Bertz CT molecular complexity index is 683. The van der Waals surface area contributed by atoms with E-state index in [1.54, 1.807) is 0 Å². The number of carboxylic acid groups (broad SMARTS) is 2. The van der Waals surface area contributed by atoms with Crippen LogP contribution in [0.4, 0.5) is 0 Å². The van der Waals surface area contributed by atoms with Gasteiger partial charge in [-0.3, -0.25) is 0 Å². The number of nitro groups is 2. The van der Waals surface area contributed by atoms with Crippen LogP contribution < -0.4 is 33.1 Å². The average molecular weight is 500 g/mol. The summed E-state index contributed by atoms with van der Waals surface area (Å²) in [6, 6.07) is 0. The van der Waals surface area contributed by atoms with Crippen LogP contribution in [0.1, 0.15) is 21.2 Å². The number of carboxylic acids is 2. The van der Waals surface area contributed by atoms with E-state index in [9.17, 15) is 40.0 Å². The van der Waals surface area contributed by atoms with Gasteiger partial charge in [0.1, 0.15) is 22.4 Å². The summed E-state index contributed by atoms with van der Waals surface area (Å²) < 4.78 is 0. The molecule has 0 unspecified atom stereocenters. The Kier molecular flexibility index (Phi) is 18.8. The van der Waals surface area contributed by atoms with Gasteiger partial charge in [-0.25, -0.2) is 0 Å². The number of carbonyl (C=O) groups excluding carboxylic acids is 2. The Morgan fingerprint density at radius 1 is 0.742 bits per heavy atom. The number of nitrogens with two attached hydrogens (primary N) is 4. The second kappa shape index (κ2) is 18.3. The zero-order chi connectivity index (χ0) is 23.7. The maximum Gasteiger partial charge on any atom is 2.00 e. The molecule has 22 nitrogen and oxygen atoms in total. The molecule has 0 saturated heterocycles. The minimum Gasteiger partial charge on any atom is -0.541 e. The van der Waals surface area contributed by atoms with Crippen LogP contribution in [0, 0.1) is 20.2 Å². The largest absolute Gasteiger partial charge is 2.00 e. The number of carbonyl (C=O) groups is 2. The van der Waals surface area contributed by atoms with Crippen LogP contribution in [-0.4, -0.2) is 88.8 Å². The standard InChI is InChI=1S/2C2HN5O4.2C2H8N2.Cu/c2*8-2(9)1-3-4-5-6(1)7(10)11;2*3-1-2-4;/h2*(H,8,9);2*1-4H2;/q;;;;+2/p-2. The molecule has 0 bridgehead atoms. The SMILES string of the molecule is NCCN.NCCN.O=C([O-])c1nnnn1[N+](=O)[O-].O=C([O-])c1nnnn1[N+](=O)[O-].[Cu+2]. The molecule has 0 atom stereocenters. The minimum atomic E-state index is -1.80. The van der Waals surface area contributed by atoms with Crippen LogP contribution in [0.5, 0.6) is 0 Å². The van der Waals surface area contributed by atoms with Crippen molar-refractivity contribution < 1.29 is 46.9 Å². The van der Waals surface area contributed by atoms with Gasteiger partial charge in [-0.15, -0.1) is 0 Å². The summed E-state index contributed by atoms with van der Waals surface area (Å²) in [5, 5.41) is 54.5. The van der Waals surface area contributed by atoms with Crippen LogP contribution >= 0.6 is 0 Å². The van der Waals surface area contributed by atoms with Crippen molar-refractivity contribution in [1.82, 2.24) is 40.6 Å². The average Bonchev–Trinajstić information content (AvgIpc) is 3.38. The van der Waals surface area contributed by atoms with Crippen LogP contribution in [0.2, 0.25) is 0 Å². The fourth-order valence-electron chi connectivity index (χ4n) is 0.830. The normalized spacial score (nSPS) is 8.65. The number of rotatable bonds is 6. The zero-order valence-electron chi connectivity index (χ0n) is 15.2. The number of hydrogen-bond acceptors (Lipinski definition) is 18. The van der Waals surface area contributed by atoms with Gasteiger partial charge >= 0.3 is 17.1 Å². The van der Waals surface area contributed by atoms with E-state index in [1.165, 1.54) is 0 Å². The summed E-state index contributed by atoms with van der Waals surface area (Å²) >= 11 is 0. The van der Waals surface area contributed by atoms with Crippen molar-refractivity contribution in [3.63, 3.8) is 0 Å². The number of nitrogens with zero attached hydrogens (tertiary/aromatic N) is 10. The molecular formula is C8H16CuN14O8. The van der Waals surface area contributed by atoms with Crippen molar-refractivity contribution in [2.45, 2.75) is 0 Å². The third-order valence-electron chi connectivity index (χ3n) is 1.92. The van der Waals surface area contributed by atoms with Gasteiger partial charge in [0, 0.05) is 26.2 Å². The summed E-state index contributed by atoms with van der Waals surface area (Å²) in [5.41, 5.74) is 19.6. The molecule has 0 saturated carbocycles. The predicted molar refractivity (Wildman–Crippen MR) is 85.3 cm³/mol. The topological polar surface area (TPSA) is 358 Å². The Morgan fingerprint density at radius 3 is 1.13 bits per heavy atom. The van der Waals surface area contributed by atoms with Crippen molar-refractivity contribution in [2.24, 2.45) is 22.9 Å². The first-order valence-electron chi connectivity index (χ1n) is 7.17. The van der Waals surface area contributed by atoms with E-state index >= 15 is 0 Å². The van der Waals surface area contributed by atoms with E-state index in [4.69, 9.17) is 22.9 Å². The Balaban J connectivity index is -0.000000370. The summed E-state index contributed by atoms with van der Waals surface area (Å²) in [4.78, 5) is 39.7. The second-order valence-electron chi connectivity index (χ2n) is 3.99. The quantitative estimate of drug-likeness (QED) is 0.162. The molecule has 1 radical (unpaired) electrons. The first-order valence-corrected chi connectivity index (χ1v) is 7.17. The van der Waals surface area contributed by atoms with Gasteiger partial charge in [-0.2, -0.15) is 0 Å². The first-order chi connectivity index (χ1) is 14.1. The molecule has 2 aromatic heterocycles. The molecule has 177 valence electrons. The van der Waals surface area contributed by atoms with Crippen LogP contribution in [-0.2, 0) is 17.1 Å². The molecule has 0 aliphatic carbocycles. The zero-order valence-corrected chi connectivity index (χ0v) is 16.1. The molecule has 2 heterocycles. The molecular weight excluding hydrogens is 484 g/mol. The van der Waals surface area contributed by atoms with Gasteiger partial charge in [0.25, 0.3) is 11.6 Å². The van der Waals surface area contributed by atoms with E-state index < -0.39 is 33.7 Å². The Labute approximate surface area is 181 Å². The van der Waals surface area contributed by atoms with Crippen molar-refractivity contribution in [1.29, 1.82) is 0 Å². The molecule has 0 spiro atoms. The van der Waals surface area contributed by atoms with E-state index in [1.807, 2.05) is 0 Å². The van der Waals surface area contributed by atoms with Gasteiger partial charge < -0.3 is 63.0 Å². The molecule has 23 heteroatoms. The van der Waals surface area contributed by atoms with Gasteiger partial charge in [-0.1, -0.05) is 10.2 Å². The number of hydrogen-bond donors (Lipinski definition) is 4. The molecule has 0 aromatic carbocycles. The number of aromatic carboxylic acids is 2. The van der Waals surface area contributed by atoms with Gasteiger partial charge in [0.2, 0.25) is 10.4 Å². The van der Waals surface area contributed by atoms with Crippen molar-refractivity contribution in [2.75, 3.05) is 26.2 Å². The van der Waals surface area contributed by atoms with E-state index in [0.29, 0.717) is 26.2 Å².